The third kappa shape index (κ3) is 4.43. The first-order valence-corrected chi connectivity index (χ1v) is 9.14. The quantitative estimate of drug-likeness (QED) is 0.918. The van der Waals surface area contributed by atoms with Gasteiger partial charge in [0.25, 0.3) is 0 Å². The second kappa shape index (κ2) is 6.64. The molecule has 0 spiro atoms. The van der Waals surface area contributed by atoms with Crippen LogP contribution in [0.15, 0.2) is 18.2 Å². The van der Waals surface area contributed by atoms with Crippen LogP contribution in [0.25, 0.3) is 0 Å². The molecule has 0 aliphatic carbocycles. The first-order chi connectivity index (χ1) is 10.3. The maximum Gasteiger partial charge on any atom is 0.224 e. The van der Waals surface area contributed by atoms with Crippen molar-refractivity contribution in [1.82, 2.24) is 0 Å². The number of carbonyl (C=O) groups is 1. The Morgan fingerprint density at radius 3 is 2.55 bits per heavy atom. The molecule has 1 heterocycles. The van der Waals surface area contributed by atoms with Crippen molar-refractivity contribution in [3.8, 4) is 0 Å². The zero-order chi connectivity index (χ0) is 16.3. The molecule has 5 nitrogen and oxygen atoms in total. The summed E-state index contributed by atoms with van der Waals surface area (Å²) in [5.41, 5.74) is 0.854. The number of nitrogens with one attached hydrogen (secondary N) is 1. The van der Waals surface area contributed by atoms with E-state index in [0.29, 0.717) is 17.8 Å². The van der Waals surface area contributed by atoms with Gasteiger partial charge in [0.1, 0.15) is 5.82 Å². The molecule has 1 N–H and O–H groups in total. The average molecular weight is 328 g/mol. The van der Waals surface area contributed by atoms with Gasteiger partial charge in [0, 0.05) is 25.2 Å². The van der Waals surface area contributed by atoms with Crippen LogP contribution in [0.3, 0.4) is 0 Å². The molecular formula is C15H21FN2O3S. The van der Waals surface area contributed by atoms with E-state index >= 15 is 0 Å². The molecular weight excluding hydrogens is 307 g/mol. The largest absolute Gasteiger partial charge is 0.367 e. The highest BCUT2D eigenvalue weighted by atomic mass is 32.2. The molecule has 2 rings (SSSR count). The van der Waals surface area contributed by atoms with E-state index in [4.69, 9.17) is 0 Å². The molecule has 122 valence electrons. The summed E-state index contributed by atoms with van der Waals surface area (Å²) in [5.74, 6) is -0.241. The van der Waals surface area contributed by atoms with Crippen molar-refractivity contribution in [1.29, 1.82) is 0 Å². The van der Waals surface area contributed by atoms with Crippen LogP contribution in [0, 0.1) is 11.7 Å². The highest BCUT2D eigenvalue weighted by Crippen LogP contribution is 2.25. The fourth-order valence-corrected chi connectivity index (χ4v) is 3.57. The number of amides is 1. The van der Waals surface area contributed by atoms with Gasteiger partial charge in [0.05, 0.1) is 17.2 Å². The van der Waals surface area contributed by atoms with E-state index in [1.807, 2.05) is 13.8 Å². The average Bonchev–Trinajstić information content (AvgIpc) is 2.40. The van der Waals surface area contributed by atoms with E-state index in [-0.39, 0.29) is 36.4 Å². The van der Waals surface area contributed by atoms with Crippen LogP contribution in [-0.4, -0.2) is 38.9 Å². The summed E-state index contributed by atoms with van der Waals surface area (Å²) in [6.45, 7) is 4.43. The molecule has 0 unspecified atom stereocenters. The molecule has 1 fully saturated rings. The summed E-state index contributed by atoms with van der Waals surface area (Å²) < 4.78 is 36.9. The maximum atomic E-state index is 14.0. The third-order valence-corrected chi connectivity index (χ3v) is 5.12. The molecule has 1 aliphatic rings. The van der Waals surface area contributed by atoms with Gasteiger partial charge in [0.15, 0.2) is 9.84 Å². The van der Waals surface area contributed by atoms with E-state index in [0.717, 1.165) is 0 Å². The van der Waals surface area contributed by atoms with Gasteiger partial charge in [-0.3, -0.25) is 4.79 Å². The number of sulfone groups is 1. The minimum absolute atomic E-state index is 0.0242. The zero-order valence-corrected chi connectivity index (χ0v) is 13.6. The molecule has 1 aliphatic heterocycles. The molecule has 0 radical (unpaired) electrons. The van der Waals surface area contributed by atoms with Crippen molar-refractivity contribution in [2.75, 3.05) is 34.8 Å². The Balaban J connectivity index is 2.12. The minimum Gasteiger partial charge on any atom is -0.367 e. The van der Waals surface area contributed by atoms with Crippen molar-refractivity contribution >= 4 is 27.1 Å². The highest BCUT2D eigenvalue weighted by Gasteiger charge is 2.23. The molecule has 0 aromatic heterocycles. The topological polar surface area (TPSA) is 66.5 Å². The zero-order valence-electron chi connectivity index (χ0n) is 12.8. The van der Waals surface area contributed by atoms with Gasteiger partial charge in [-0.05, 0) is 24.1 Å². The van der Waals surface area contributed by atoms with E-state index in [9.17, 15) is 17.6 Å². The molecule has 1 aromatic rings. The van der Waals surface area contributed by atoms with Crippen molar-refractivity contribution in [3.63, 3.8) is 0 Å². The predicted molar refractivity (Wildman–Crippen MR) is 85.4 cm³/mol. The van der Waals surface area contributed by atoms with Crippen molar-refractivity contribution in [2.24, 2.45) is 5.92 Å². The molecule has 0 atom stereocenters. The fourth-order valence-electron chi connectivity index (χ4n) is 2.37. The second-order valence-electron chi connectivity index (χ2n) is 5.95. The molecule has 1 saturated heterocycles. The SMILES string of the molecule is CC(C)CC(=O)Nc1ccc(F)c(N2CCS(=O)(=O)CC2)c1. The Kier molecular flexibility index (Phi) is 5.05. The van der Waals surface area contributed by atoms with Crippen LogP contribution in [-0.2, 0) is 14.6 Å². The first kappa shape index (κ1) is 16.7. The van der Waals surface area contributed by atoms with Gasteiger partial charge in [-0.25, -0.2) is 12.8 Å². The van der Waals surface area contributed by atoms with Gasteiger partial charge in [-0.2, -0.15) is 0 Å². The van der Waals surface area contributed by atoms with Crippen LogP contribution >= 0.6 is 0 Å². The lowest BCUT2D eigenvalue weighted by Gasteiger charge is -2.29. The second-order valence-corrected chi connectivity index (χ2v) is 8.25. The van der Waals surface area contributed by atoms with Gasteiger partial charge in [-0.15, -0.1) is 0 Å². The summed E-state index contributed by atoms with van der Waals surface area (Å²) in [6, 6.07) is 4.37. The van der Waals surface area contributed by atoms with Gasteiger partial charge < -0.3 is 10.2 Å². The smallest absolute Gasteiger partial charge is 0.224 e. The number of rotatable bonds is 4. The lowest BCUT2D eigenvalue weighted by molar-refractivity contribution is -0.116. The summed E-state index contributed by atoms with van der Waals surface area (Å²) >= 11 is 0. The highest BCUT2D eigenvalue weighted by molar-refractivity contribution is 7.91. The van der Waals surface area contributed by atoms with E-state index in [1.54, 1.807) is 11.0 Å². The summed E-state index contributed by atoms with van der Waals surface area (Å²) in [4.78, 5) is 13.5. The van der Waals surface area contributed by atoms with Crippen molar-refractivity contribution in [3.05, 3.63) is 24.0 Å². The number of anilines is 2. The Morgan fingerprint density at radius 2 is 1.95 bits per heavy atom. The molecule has 1 aromatic carbocycles. The monoisotopic (exact) mass is 328 g/mol. The maximum absolute atomic E-state index is 14.0. The number of halogens is 1. The first-order valence-electron chi connectivity index (χ1n) is 7.31. The van der Waals surface area contributed by atoms with Crippen LogP contribution in [0.1, 0.15) is 20.3 Å². The van der Waals surface area contributed by atoms with Gasteiger partial charge in [-0.1, -0.05) is 13.8 Å². The van der Waals surface area contributed by atoms with Crippen LogP contribution in [0.5, 0.6) is 0 Å². The van der Waals surface area contributed by atoms with Crippen LogP contribution in [0.4, 0.5) is 15.8 Å². The number of benzene rings is 1. The van der Waals surface area contributed by atoms with Crippen LogP contribution < -0.4 is 10.2 Å². The summed E-state index contributed by atoms with van der Waals surface area (Å²) in [6.07, 6.45) is 0.397. The lowest BCUT2D eigenvalue weighted by atomic mass is 10.1. The normalized spacial score (nSPS) is 17.5. The number of nitrogens with zero attached hydrogens (tertiary/aromatic N) is 1. The Morgan fingerprint density at radius 1 is 1.32 bits per heavy atom. The molecule has 0 bridgehead atoms. The summed E-state index contributed by atoms with van der Waals surface area (Å²) in [7, 11) is -3.01. The van der Waals surface area contributed by atoms with E-state index in [2.05, 4.69) is 5.32 Å². The van der Waals surface area contributed by atoms with Crippen LogP contribution in [0.2, 0.25) is 0 Å². The fraction of sp³-hybridized carbons (Fsp3) is 0.533. The number of carbonyl (C=O) groups excluding carboxylic acids is 1. The van der Waals surface area contributed by atoms with E-state index in [1.165, 1.54) is 12.1 Å². The third-order valence-electron chi connectivity index (χ3n) is 3.51. The molecule has 1 amide bonds. The molecule has 0 saturated carbocycles. The number of hydrogen-bond donors (Lipinski definition) is 1. The van der Waals surface area contributed by atoms with Gasteiger partial charge in [0.2, 0.25) is 5.91 Å². The Hall–Kier alpha value is -1.63. The lowest BCUT2D eigenvalue weighted by Crippen LogP contribution is -2.40. The Bertz CT molecular complexity index is 645. The van der Waals surface area contributed by atoms with E-state index < -0.39 is 15.7 Å². The summed E-state index contributed by atoms with van der Waals surface area (Å²) in [5, 5.41) is 2.75. The standard InChI is InChI=1S/C15H21FN2O3S/c1-11(2)9-15(19)17-12-3-4-13(16)14(10-12)18-5-7-22(20,21)8-6-18/h3-4,10-11H,5-9H2,1-2H3,(H,17,19). The minimum atomic E-state index is -3.01. The van der Waals surface area contributed by atoms with Crippen molar-refractivity contribution < 1.29 is 17.6 Å². The van der Waals surface area contributed by atoms with Gasteiger partial charge >= 0.3 is 0 Å². The molecule has 22 heavy (non-hydrogen) atoms. The van der Waals surface area contributed by atoms with Crippen molar-refractivity contribution in [2.45, 2.75) is 20.3 Å². The molecule has 7 heteroatoms. The predicted octanol–water partition coefficient (Wildman–Crippen LogP) is 2.05. The number of hydrogen-bond acceptors (Lipinski definition) is 4. The Labute approximate surface area is 130 Å².